The van der Waals surface area contributed by atoms with E-state index in [1.54, 1.807) is 28.8 Å². The highest BCUT2D eigenvalue weighted by Crippen LogP contribution is 2.36. The predicted molar refractivity (Wildman–Crippen MR) is 129 cm³/mol. The topological polar surface area (TPSA) is 166 Å². The van der Waals surface area contributed by atoms with Crippen LogP contribution in [-0.2, 0) is 4.74 Å². The Morgan fingerprint density at radius 2 is 1.97 bits per heavy atom. The molecule has 12 heteroatoms. The fraction of sp³-hybridized carbons (Fsp3) is 0.478. The van der Waals surface area contributed by atoms with Gasteiger partial charge < -0.3 is 30.5 Å². The third-order valence-corrected chi connectivity index (χ3v) is 6.51. The molecule has 4 rings (SSSR count). The molecule has 11 nitrogen and oxygen atoms in total. The summed E-state index contributed by atoms with van der Waals surface area (Å²) >= 11 is 1.33. The molecule has 1 saturated heterocycles. The monoisotopic (exact) mass is 503 g/mol. The SMILES string of the molecule is CC(C)CC(=O)c1ccc(OCCSc2nc3c(N)ncnc3n2[C@@H]2O[C@H](CO)[C@@H](O)[C@H]2O)cc1. The highest BCUT2D eigenvalue weighted by atomic mass is 32.2. The molecule has 0 radical (unpaired) electrons. The summed E-state index contributed by atoms with van der Waals surface area (Å²) in [6.45, 7) is 3.91. The van der Waals surface area contributed by atoms with Crippen LogP contribution < -0.4 is 10.5 Å². The van der Waals surface area contributed by atoms with E-state index >= 15 is 0 Å². The molecule has 188 valence electrons. The standard InChI is InChI=1S/C23H29N5O6S/c1-12(2)9-15(30)13-3-5-14(6-4-13)33-7-8-35-23-27-17-20(24)25-11-26-21(17)28(23)22-19(32)18(31)16(10-29)34-22/h3-6,11-12,16,18-19,22,29,31-32H,7-10H2,1-2H3,(H2,24,25,26)/t16-,18-,19-,22-/m1/s1. The van der Waals surface area contributed by atoms with Crippen LogP contribution in [0.25, 0.3) is 11.2 Å². The van der Waals surface area contributed by atoms with Crippen molar-refractivity contribution in [2.75, 3.05) is 24.7 Å². The first-order valence-electron chi connectivity index (χ1n) is 11.3. The van der Waals surface area contributed by atoms with Gasteiger partial charge in [-0.15, -0.1) is 0 Å². The van der Waals surface area contributed by atoms with E-state index in [-0.39, 0.29) is 11.6 Å². The zero-order valence-corrected chi connectivity index (χ0v) is 20.3. The van der Waals surface area contributed by atoms with Gasteiger partial charge in [-0.05, 0) is 30.2 Å². The van der Waals surface area contributed by atoms with Crippen LogP contribution in [0.3, 0.4) is 0 Å². The highest BCUT2D eigenvalue weighted by molar-refractivity contribution is 7.99. The molecule has 0 saturated carbocycles. The summed E-state index contributed by atoms with van der Waals surface area (Å²) in [6, 6.07) is 7.05. The first-order chi connectivity index (χ1) is 16.8. The first-order valence-corrected chi connectivity index (χ1v) is 12.3. The summed E-state index contributed by atoms with van der Waals surface area (Å²) < 4.78 is 13.1. The number of anilines is 1. The minimum atomic E-state index is -1.30. The number of nitrogen functional groups attached to an aromatic ring is 1. The van der Waals surface area contributed by atoms with E-state index < -0.39 is 31.1 Å². The summed E-state index contributed by atoms with van der Waals surface area (Å²) in [5.74, 6) is 1.70. The van der Waals surface area contributed by atoms with Gasteiger partial charge in [0.05, 0.1) is 13.2 Å². The maximum atomic E-state index is 12.2. The molecular weight excluding hydrogens is 474 g/mol. The van der Waals surface area contributed by atoms with E-state index in [4.69, 9.17) is 15.2 Å². The van der Waals surface area contributed by atoms with Gasteiger partial charge in [-0.2, -0.15) is 0 Å². The van der Waals surface area contributed by atoms with Gasteiger partial charge in [-0.1, -0.05) is 25.6 Å². The van der Waals surface area contributed by atoms with Gasteiger partial charge in [0.1, 0.15) is 30.4 Å². The zero-order valence-electron chi connectivity index (χ0n) is 19.4. The number of fused-ring (bicyclic) bond motifs is 1. The number of nitrogens with two attached hydrogens (primary N) is 1. The number of aromatic nitrogens is 4. The Kier molecular flexibility index (Phi) is 7.87. The molecule has 0 bridgehead atoms. The molecule has 1 aromatic carbocycles. The lowest BCUT2D eigenvalue weighted by atomic mass is 10.0. The molecule has 2 aromatic heterocycles. The van der Waals surface area contributed by atoms with Crippen LogP contribution in [0.1, 0.15) is 36.9 Å². The number of hydrogen-bond donors (Lipinski definition) is 4. The Morgan fingerprint density at radius 1 is 1.23 bits per heavy atom. The number of thioether (sulfide) groups is 1. The van der Waals surface area contributed by atoms with Crippen LogP contribution >= 0.6 is 11.8 Å². The van der Waals surface area contributed by atoms with Gasteiger partial charge >= 0.3 is 0 Å². The second kappa shape index (κ2) is 10.9. The molecule has 0 aliphatic carbocycles. The van der Waals surface area contributed by atoms with Crippen molar-refractivity contribution in [1.29, 1.82) is 0 Å². The van der Waals surface area contributed by atoms with Crippen LogP contribution in [-0.4, -0.2) is 77.9 Å². The molecule has 5 N–H and O–H groups in total. The minimum Gasteiger partial charge on any atom is -0.493 e. The largest absolute Gasteiger partial charge is 0.493 e. The lowest BCUT2D eigenvalue weighted by molar-refractivity contribution is -0.0548. The fourth-order valence-electron chi connectivity index (χ4n) is 3.85. The van der Waals surface area contributed by atoms with Crippen LogP contribution in [0.5, 0.6) is 5.75 Å². The second-order valence-electron chi connectivity index (χ2n) is 8.67. The van der Waals surface area contributed by atoms with Crippen molar-refractivity contribution in [3.8, 4) is 5.75 Å². The predicted octanol–water partition coefficient (Wildman–Crippen LogP) is 1.42. The number of rotatable bonds is 10. The summed E-state index contributed by atoms with van der Waals surface area (Å²) in [5.41, 5.74) is 7.31. The number of ether oxygens (including phenoxy) is 2. The summed E-state index contributed by atoms with van der Waals surface area (Å²) in [7, 11) is 0. The molecule has 0 unspecified atom stereocenters. The molecular formula is C23H29N5O6S. The summed E-state index contributed by atoms with van der Waals surface area (Å²) in [5, 5.41) is 30.7. The van der Waals surface area contributed by atoms with Crippen LogP contribution in [0.4, 0.5) is 5.82 Å². The van der Waals surface area contributed by atoms with E-state index in [2.05, 4.69) is 15.0 Å². The number of aliphatic hydroxyl groups is 3. The number of benzene rings is 1. The number of imidazole rings is 1. The molecule has 3 aromatic rings. The van der Waals surface area contributed by atoms with E-state index in [1.807, 2.05) is 13.8 Å². The summed E-state index contributed by atoms with van der Waals surface area (Å²) in [4.78, 5) is 24.9. The molecule has 0 spiro atoms. The molecule has 1 aliphatic rings. The zero-order chi connectivity index (χ0) is 25.1. The average molecular weight is 504 g/mol. The average Bonchev–Trinajstić information content (AvgIpc) is 3.34. The normalized spacial score (nSPS) is 22.2. The van der Waals surface area contributed by atoms with E-state index in [0.717, 1.165) is 0 Å². The Morgan fingerprint density at radius 3 is 2.63 bits per heavy atom. The number of ketones is 1. The maximum Gasteiger partial charge on any atom is 0.172 e. The fourth-order valence-corrected chi connectivity index (χ4v) is 4.68. The Hall–Kier alpha value is -2.77. The third-order valence-electron chi connectivity index (χ3n) is 5.60. The van der Waals surface area contributed by atoms with Gasteiger partial charge in [-0.25, -0.2) is 15.0 Å². The van der Waals surface area contributed by atoms with E-state index in [1.165, 1.54) is 18.1 Å². The van der Waals surface area contributed by atoms with Crippen LogP contribution in [0, 0.1) is 5.92 Å². The van der Waals surface area contributed by atoms with Crippen molar-refractivity contribution < 1.29 is 29.6 Å². The number of hydrogen-bond acceptors (Lipinski definition) is 11. The van der Waals surface area contributed by atoms with Gasteiger partial charge in [0, 0.05) is 17.7 Å². The Bertz CT molecular complexity index is 1170. The van der Waals surface area contributed by atoms with Crippen LogP contribution in [0.15, 0.2) is 35.7 Å². The van der Waals surface area contributed by atoms with Crippen molar-refractivity contribution in [3.63, 3.8) is 0 Å². The number of carbonyl (C=O) groups is 1. The van der Waals surface area contributed by atoms with Gasteiger partial charge in [0.15, 0.2) is 34.1 Å². The molecule has 35 heavy (non-hydrogen) atoms. The number of aliphatic hydroxyl groups excluding tert-OH is 3. The lowest BCUT2D eigenvalue weighted by Gasteiger charge is -2.19. The number of Topliss-reactive ketones (excluding diaryl/α,β-unsaturated/α-hetero) is 1. The molecule has 1 fully saturated rings. The third kappa shape index (κ3) is 5.41. The molecule has 1 aliphatic heterocycles. The Balaban J connectivity index is 1.45. The quantitative estimate of drug-likeness (QED) is 0.179. The van der Waals surface area contributed by atoms with Crippen molar-refractivity contribution >= 4 is 34.5 Å². The van der Waals surface area contributed by atoms with Gasteiger partial charge in [0.2, 0.25) is 0 Å². The first kappa shape index (κ1) is 25.3. The number of nitrogens with zero attached hydrogens (tertiary/aromatic N) is 4. The van der Waals surface area contributed by atoms with Crippen molar-refractivity contribution in [3.05, 3.63) is 36.2 Å². The van der Waals surface area contributed by atoms with Gasteiger partial charge in [-0.3, -0.25) is 9.36 Å². The van der Waals surface area contributed by atoms with Gasteiger partial charge in [0.25, 0.3) is 0 Å². The van der Waals surface area contributed by atoms with Crippen molar-refractivity contribution in [1.82, 2.24) is 19.5 Å². The molecule has 3 heterocycles. The maximum absolute atomic E-state index is 12.2. The molecule has 4 atom stereocenters. The van der Waals surface area contributed by atoms with Crippen molar-refractivity contribution in [2.45, 2.75) is 50.0 Å². The summed E-state index contributed by atoms with van der Waals surface area (Å²) in [6.07, 6.45) is -2.73. The van der Waals surface area contributed by atoms with E-state index in [0.29, 0.717) is 52.3 Å². The Labute approximate surface area is 206 Å². The smallest absolute Gasteiger partial charge is 0.172 e. The minimum absolute atomic E-state index is 0.105. The second-order valence-corrected chi connectivity index (χ2v) is 9.73. The van der Waals surface area contributed by atoms with Crippen LogP contribution in [0.2, 0.25) is 0 Å². The number of carbonyl (C=O) groups excluding carboxylic acids is 1. The lowest BCUT2D eigenvalue weighted by Crippen LogP contribution is -2.33. The van der Waals surface area contributed by atoms with Crippen molar-refractivity contribution in [2.24, 2.45) is 5.92 Å². The molecule has 0 amide bonds. The highest BCUT2D eigenvalue weighted by Gasteiger charge is 2.45. The van der Waals surface area contributed by atoms with E-state index in [9.17, 15) is 20.1 Å².